The summed E-state index contributed by atoms with van der Waals surface area (Å²) in [6.07, 6.45) is 0.712. The first-order chi connectivity index (χ1) is 9.15. The average Bonchev–Trinajstić information content (AvgIpc) is 2.84. The molecule has 0 fully saturated rings. The van der Waals surface area contributed by atoms with Gasteiger partial charge in [0.1, 0.15) is 22.6 Å². The van der Waals surface area contributed by atoms with E-state index >= 15 is 0 Å². The summed E-state index contributed by atoms with van der Waals surface area (Å²) in [5.74, 6) is 0.508. The predicted molar refractivity (Wildman–Crippen MR) is 74.3 cm³/mol. The predicted octanol–water partition coefficient (Wildman–Crippen LogP) is 3.87. The molecule has 96 valence electrons. The van der Waals surface area contributed by atoms with Crippen LogP contribution in [0.5, 0.6) is 0 Å². The van der Waals surface area contributed by atoms with E-state index in [1.165, 1.54) is 0 Å². The molecule has 0 aliphatic heterocycles. The summed E-state index contributed by atoms with van der Waals surface area (Å²) in [6.45, 7) is 1.98. The molecule has 0 amide bonds. The Balaban J connectivity index is 2.04. The Morgan fingerprint density at radius 2 is 2.11 bits per heavy atom. The molecule has 0 aliphatic rings. The molecule has 0 aliphatic carbocycles. The van der Waals surface area contributed by atoms with Gasteiger partial charge in [0.2, 0.25) is 0 Å². The van der Waals surface area contributed by atoms with Crippen LogP contribution in [0.25, 0.3) is 11.0 Å². The summed E-state index contributed by atoms with van der Waals surface area (Å²) < 4.78 is 5.73. The van der Waals surface area contributed by atoms with Crippen molar-refractivity contribution in [2.45, 2.75) is 13.0 Å². The van der Waals surface area contributed by atoms with E-state index in [0.717, 1.165) is 16.5 Å². The Kier molecular flexibility index (Phi) is 3.01. The third-order valence-electron chi connectivity index (χ3n) is 3.10. The van der Waals surface area contributed by atoms with Gasteiger partial charge in [0.15, 0.2) is 0 Å². The largest absolute Gasteiger partial charge is 0.458 e. The van der Waals surface area contributed by atoms with E-state index in [-0.39, 0.29) is 0 Å². The molecular formula is C15H12ClNO2. The van der Waals surface area contributed by atoms with Gasteiger partial charge in [0, 0.05) is 17.1 Å². The second-order valence-electron chi connectivity index (χ2n) is 4.46. The zero-order chi connectivity index (χ0) is 13.4. The van der Waals surface area contributed by atoms with Crippen LogP contribution >= 0.6 is 11.6 Å². The van der Waals surface area contributed by atoms with E-state index in [1.54, 1.807) is 18.3 Å². The molecule has 1 unspecified atom stereocenters. The normalized spacial score (nSPS) is 12.8. The van der Waals surface area contributed by atoms with Gasteiger partial charge >= 0.3 is 0 Å². The molecule has 4 heteroatoms. The topological polar surface area (TPSA) is 46.3 Å². The van der Waals surface area contributed by atoms with Crippen LogP contribution in [0.3, 0.4) is 0 Å². The summed E-state index contributed by atoms with van der Waals surface area (Å²) in [7, 11) is 0. The zero-order valence-electron chi connectivity index (χ0n) is 10.3. The number of para-hydroxylation sites is 1. The number of benzene rings is 1. The lowest BCUT2D eigenvalue weighted by molar-refractivity contribution is 0.192. The van der Waals surface area contributed by atoms with E-state index in [4.69, 9.17) is 16.0 Å². The van der Waals surface area contributed by atoms with Gasteiger partial charge in [-0.05, 0) is 24.6 Å². The molecule has 0 spiro atoms. The van der Waals surface area contributed by atoms with E-state index in [2.05, 4.69) is 4.98 Å². The first-order valence-corrected chi connectivity index (χ1v) is 6.31. The molecule has 1 aromatic carbocycles. The Morgan fingerprint density at radius 3 is 2.79 bits per heavy atom. The van der Waals surface area contributed by atoms with Crippen LogP contribution < -0.4 is 0 Å². The van der Waals surface area contributed by atoms with E-state index < -0.39 is 6.10 Å². The second-order valence-corrected chi connectivity index (χ2v) is 4.85. The zero-order valence-corrected chi connectivity index (χ0v) is 11.1. The minimum Gasteiger partial charge on any atom is -0.458 e. The number of nitrogens with zero attached hydrogens (tertiary/aromatic N) is 1. The molecule has 3 rings (SSSR count). The molecule has 0 saturated heterocycles. The van der Waals surface area contributed by atoms with Crippen LogP contribution in [-0.4, -0.2) is 10.1 Å². The van der Waals surface area contributed by atoms with Crippen molar-refractivity contribution in [2.24, 2.45) is 0 Å². The molecule has 0 bridgehead atoms. The van der Waals surface area contributed by atoms with Crippen LogP contribution in [0.1, 0.15) is 23.0 Å². The molecule has 19 heavy (non-hydrogen) atoms. The Morgan fingerprint density at radius 1 is 1.26 bits per heavy atom. The van der Waals surface area contributed by atoms with Gasteiger partial charge < -0.3 is 9.52 Å². The molecule has 1 N–H and O–H groups in total. The van der Waals surface area contributed by atoms with Crippen molar-refractivity contribution in [1.82, 2.24) is 4.98 Å². The van der Waals surface area contributed by atoms with Crippen molar-refractivity contribution in [3.8, 4) is 0 Å². The van der Waals surface area contributed by atoms with Crippen LogP contribution in [0, 0.1) is 6.92 Å². The summed E-state index contributed by atoms with van der Waals surface area (Å²) in [4.78, 5) is 3.96. The highest BCUT2D eigenvalue weighted by molar-refractivity contribution is 6.29. The minimum atomic E-state index is -0.837. The smallest absolute Gasteiger partial charge is 0.138 e. The molecule has 0 saturated carbocycles. The van der Waals surface area contributed by atoms with Crippen LogP contribution in [0.15, 0.2) is 47.0 Å². The highest BCUT2D eigenvalue weighted by atomic mass is 35.5. The third-order valence-corrected chi connectivity index (χ3v) is 3.32. The van der Waals surface area contributed by atoms with Crippen LogP contribution in [0.4, 0.5) is 0 Å². The fraction of sp³-hybridized carbons (Fsp3) is 0.133. The molecule has 0 radical (unpaired) electrons. The third kappa shape index (κ3) is 2.23. The lowest BCUT2D eigenvalue weighted by Crippen LogP contribution is -1.98. The maximum absolute atomic E-state index is 10.3. The van der Waals surface area contributed by atoms with Crippen molar-refractivity contribution < 1.29 is 9.52 Å². The number of rotatable bonds is 2. The highest BCUT2D eigenvalue weighted by Crippen LogP contribution is 2.29. The number of fused-ring (bicyclic) bond motifs is 1. The summed E-state index contributed by atoms with van der Waals surface area (Å²) in [5, 5.41) is 11.7. The number of hydrogen-bond acceptors (Lipinski definition) is 3. The fourth-order valence-corrected chi connectivity index (χ4v) is 2.19. The quantitative estimate of drug-likeness (QED) is 0.721. The fourth-order valence-electron chi connectivity index (χ4n) is 2.08. The molecule has 2 aromatic heterocycles. The SMILES string of the molecule is Cc1cccc2cc(C(O)c3ccc(Cl)nc3)oc12. The van der Waals surface area contributed by atoms with Crippen molar-refractivity contribution >= 4 is 22.6 Å². The highest BCUT2D eigenvalue weighted by Gasteiger charge is 2.16. The number of furan rings is 1. The molecule has 2 heterocycles. The molecule has 3 aromatic rings. The number of aliphatic hydroxyl groups excluding tert-OH is 1. The van der Waals surface area contributed by atoms with Gasteiger partial charge in [0.25, 0.3) is 0 Å². The number of hydrogen-bond donors (Lipinski definition) is 1. The van der Waals surface area contributed by atoms with E-state index in [9.17, 15) is 5.11 Å². The number of aryl methyl sites for hydroxylation is 1. The maximum atomic E-state index is 10.3. The van der Waals surface area contributed by atoms with Gasteiger partial charge in [0.05, 0.1) is 0 Å². The first-order valence-electron chi connectivity index (χ1n) is 5.94. The molecular weight excluding hydrogens is 262 g/mol. The van der Waals surface area contributed by atoms with Crippen molar-refractivity contribution in [1.29, 1.82) is 0 Å². The Hall–Kier alpha value is -1.84. The summed E-state index contributed by atoms with van der Waals surface area (Å²) in [5.41, 5.74) is 2.50. The van der Waals surface area contributed by atoms with Crippen molar-refractivity contribution in [3.63, 3.8) is 0 Å². The minimum absolute atomic E-state index is 0.399. The van der Waals surface area contributed by atoms with Gasteiger partial charge in [-0.15, -0.1) is 0 Å². The maximum Gasteiger partial charge on any atom is 0.138 e. The van der Waals surface area contributed by atoms with Crippen molar-refractivity contribution in [2.75, 3.05) is 0 Å². The molecule has 3 nitrogen and oxygen atoms in total. The van der Waals surface area contributed by atoms with E-state index in [0.29, 0.717) is 16.5 Å². The number of aromatic nitrogens is 1. The standard InChI is InChI=1S/C15H12ClNO2/c1-9-3-2-4-10-7-12(19-15(9)10)14(18)11-5-6-13(16)17-8-11/h2-8,14,18H,1H3. The van der Waals surface area contributed by atoms with Crippen LogP contribution in [0.2, 0.25) is 5.15 Å². The Labute approximate surface area is 115 Å². The first kappa shape index (κ1) is 12.2. The Bertz CT molecular complexity index is 719. The monoisotopic (exact) mass is 273 g/mol. The van der Waals surface area contributed by atoms with Crippen molar-refractivity contribution in [3.05, 3.63) is 64.6 Å². The lowest BCUT2D eigenvalue weighted by Gasteiger charge is -2.07. The van der Waals surface area contributed by atoms with E-state index in [1.807, 2.05) is 31.2 Å². The van der Waals surface area contributed by atoms with Gasteiger partial charge in [-0.1, -0.05) is 35.9 Å². The number of pyridine rings is 1. The summed E-state index contributed by atoms with van der Waals surface area (Å²) >= 11 is 5.73. The molecule has 1 atom stereocenters. The van der Waals surface area contributed by atoms with Gasteiger partial charge in [-0.3, -0.25) is 0 Å². The van der Waals surface area contributed by atoms with Gasteiger partial charge in [-0.2, -0.15) is 0 Å². The van der Waals surface area contributed by atoms with Gasteiger partial charge in [-0.25, -0.2) is 4.98 Å². The number of halogens is 1. The van der Waals surface area contributed by atoms with Crippen LogP contribution in [-0.2, 0) is 0 Å². The lowest BCUT2D eigenvalue weighted by atomic mass is 10.1. The number of aliphatic hydroxyl groups is 1. The second kappa shape index (κ2) is 4.68. The summed E-state index contributed by atoms with van der Waals surface area (Å²) in [6, 6.07) is 11.1. The average molecular weight is 274 g/mol.